The van der Waals surface area contributed by atoms with Gasteiger partial charge in [-0.3, -0.25) is 0 Å². The lowest BCUT2D eigenvalue weighted by molar-refractivity contribution is 0.0403. The number of ether oxygens (including phenoxy) is 3. The Balaban J connectivity index is 2.02. The van der Waals surface area contributed by atoms with Gasteiger partial charge >= 0.3 is 5.97 Å². The molecular weight excluding hydrogens is 386 g/mol. The molecule has 0 amide bonds. The fourth-order valence-corrected chi connectivity index (χ4v) is 4.03. The van der Waals surface area contributed by atoms with Crippen LogP contribution in [0.5, 0.6) is 0 Å². The van der Waals surface area contributed by atoms with Crippen LogP contribution in [-0.2, 0) is 14.2 Å². The lowest BCUT2D eigenvalue weighted by Gasteiger charge is -2.20. The smallest absolute Gasteiger partial charge is 0.350 e. The minimum absolute atomic E-state index is 0.0852. The third-order valence-electron chi connectivity index (χ3n) is 4.60. The van der Waals surface area contributed by atoms with E-state index in [1.807, 2.05) is 6.07 Å². The number of carbonyl (C=O) groups is 1. The van der Waals surface area contributed by atoms with Gasteiger partial charge in [0.1, 0.15) is 4.88 Å². The van der Waals surface area contributed by atoms with Crippen molar-refractivity contribution in [3.8, 4) is 11.8 Å². The molecule has 1 aromatic rings. The highest BCUT2D eigenvalue weighted by Crippen LogP contribution is 2.30. The lowest BCUT2D eigenvalue weighted by atomic mass is 9.98. The number of thiophene rings is 1. The van der Waals surface area contributed by atoms with Crippen molar-refractivity contribution >= 4 is 23.0 Å². The fourth-order valence-electron chi connectivity index (χ4n) is 3.13. The van der Waals surface area contributed by atoms with E-state index in [-0.39, 0.29) is 23.5 Å². The van der Waals surface area contributed by atoms with Crippen LogP contribution < -0.4 is 5.32 Å². The molecular formula is C23H35NO4S. The minimum atomic E-state index is -0.318. The molecule has 6 heteroatoms. The second kappa shape index (κ2) is 11.6. The van der Waals surface area contributed by atoms with Gasteiger partial charge < -0.3 is 19.5 Å². The summed E-state index contributed by atoms with van der Waals surface area (Å²) in [5.74, 6) is 6.12. The minimum Gasteiger partial charge on any atom is -0.465 e. The molecule has 0 aromatic carbocycles. The normalized spacial score (nSPS) is 17.5. The van der Waals surface area contributed by atoms with Gasteiger partial charge in [-0.2, -0.15) is 0 Å². The van der Waals surface area contributed by atoms with Crippen LogP contribution in [-0.4, -0.2) is 45.0 Å². The molecule has 0 saturated carbocycles. The van der Waals surface area contributed by atoms with Crippen LogP contribution in [0.3, 0.4) is 0 Å². The van der Waals surface area contributed by atoms with E-state index in [1.165, 1.54) is 18.4 Å². The van der Waals surface area contributed by atoms with Gasteiger partial charge in [0.15, 0.2) is 0 Å². The van der Waals surface area contributed by atoms with Gasteiger partial charge in [-0.05, 0) is 52.5 Å². The van der Waals surface area contributed by atoms with Gasteiger partial charge in [0, 0.05) is 24.7 Å². The third-order valence-corrected chi connectivity index (χ3v) is 5.63. The quantitative estimate of drug-likeness (QED) is 0.324. The Morgan fingerprint density at radius 3 is 2.83 bits per heavy atom. The van der Waals surface area contributed by atoms with E-state index in [0.29, 0.717) is 11.5 Å². The molecule has 0 aliphatic carbocycles. The van der Waals surface area contributed by atoms with Crippen LogP contribution in [0.1, 0.15) is 74.3 Å². The predicted octanol–water partition coefficient (Wildman–Crippen LogP) is 5.10. The Labute approximate surface area is 179 Å². The maximum Gasteiger partial charge on any atom is 0.350 e. The molecule has 0 bridgehead atoms. The van der Waals surface area contributed by atoms with Crippen molar-refractivity contribution in [2.75, 3.05) is 32.2 Å². The molecule has 5 nitrogen and oxygen atoms in total. The molecule has 1 aliphatic rings. The molecule has 0 spiro atoms. The molecule has 2 rings (SSSR count). The summed E-state index contributed by atoms with van der Waals surface area (Å²) in [4.78, 5) is 13.7. The van der Waals surface area contributed by atoms with E-state index in [9.17, 15) is 4.79 Å². The van der Waals surface area contributed by atoms with Crippen LogP contribution >= 0.6 is 11.3 Å². The highest BCUT2D eigenvalue weighted by Gasteiger charge is 2.20. The van der Waals surface area contributed by atoms with Crippen LogP contribution in [0.4, 0.5) is 5.69 Å². The number of nitrogens with one attached hydrogen (secondary N) is 1. The Morgan fingerprint density at radius 2 is 2.21 bits per heavy atom. The zero-order valence-electron chi connectivity index (χ0n) is 18.4. The maximum atomic E-state index is 12.3. The van der Waals surface area contributed by atoms with Crippen molar-refractivity contribution in [1.29, 1.82) is 0 Å². The first-order valence-electron chi connectivity index (χ1n) is 10.5. The number of esters is 1. The maximum absolute atomic E-state index is 12.3. The van der Waals surface area contributed by atoms with Gasteiger partial charge in [-0.25, -0.2) is 4.79 Å². The molecule has 2 atom stereocenters. The van der Waals surface area contributed by atoms with Crippen molar-refractivity contribution in [3.05, 3.63) is 15.8 Å². The number of anilines is 1. The van der Waals surface area contributed by atoms with Crippen LogP contribution in [0.2, 0.25) is 0 Å². The molecule has 162 valence electrons. The molecule has 1 saturated heterocycles. The van der Waals surface area contributed by atoms with Crippen molar-refractivity contribution in [1.82, 2.24) is 0 Å². The second-order valence-electron chi connectivity index (χ2n) is 8.47. The van der Waals surface area contributed by atoms with Gasteiger partial charge in [-0.1, -0.05) is 25.2 Å². The molecule has 2 heterocycles. The van der Waals surface area contributed by atoms with Gasteiger partial charge in [0.2, 0.25) is 0 Å². The number of hydrogen-bond donors (Lipinski definition) is 1. The highest BCUT2D eigenvalue weighted by molar-refractivity contribution is 7.15. The summed E-state index contributed by atoms with van der Waals surface area (Å²) in [6.45, 7) is 10.7. The summed E-state index contributed by atoms with van der Waals surface area (Å²) >= 11 is 1.39. The van der Waals surface area contributed by atoms with Crippen LogP contribution in [0.25, 0.3) is 0 Å². The lowest BCUT2D eigenvalue weighted by Crippen LogP contribution is -2.21. The fraction of sp³-hybridized carbons (Fsp3) is 0.696. The molecule has 1 aromatic heterocycles. The van der Waals surface area contributed by atoms with Crippen LogP contribution in [0, 0.1) is 17.3 Å². The Kier molecular flexibility index (Phi) is 9.48. The summed E-state index contributed by atoms with van der Waals surface area (Å²) in [7, 11) is 1.42. The SMILES string of the molecule is CCC[C@@H](CCCO[C@H]1CCOC1)Nc1cc(C#CC(C)(C)C)sc1C(=O)OC. The summed E-state index contributed by atoms with van der Waals surface area (Å²) in [6.07, 6.45) is 5.31. The molecule has 0 radical (unpaired) electrons. The highest BCUT2D eigenvalue weighted by atomic mass is 32.1. The van der Waals surface area contributed by atoms with Gasteiger partial charge in [-0.15, -0.1) is 11.3 Å². The molecule has 1 N–H and O–H groups in total. The van der Waals surface area contributed by atoms with E-state index in [4.69, 9.17) is 14.2 Å². The summed E-state index contributed by atoms with van der Waals surface area (Å²) in [6, 6.07) is 2.26. The zero-order valence-corrected chi connectivity index (χ0v) is 19.2. The number of carbonyl (C=O) groups excluding carboxylic acids is 1. The van der Waals surface area contributed by atoms with E-state index in [2.05, 4.69) is 44.9 Å². The van der Waals surface area contributed by atoms with E-state index >= 15 is 0 Å². The van der Waals surface area contributed by atoms with Crippen LogP contribution in [0.15, 0.2) is 6.07 Å². The predicted molar refractivity (Wildman–Crippen MR) is 119 cm³/mol. The standard InChI is InChI=1S/C23H35NO4S/c1-6-8-17(9-7-13-28-18-11-14-27-16-18)24-20-15-19(10-12-23(2,3)4)29-21(20)22(25)26-5/h15,17-18,24H,6-9,11,13-14,16H2,1-5H3/t17-,18-/m0/s1. The number of methoxy groups -OCH3 is 1. The summed E-state index contributed by atoms with van der Waals surface area (Å²) < 4.78 is 16.2. The topological polar surface area (TPSA) is 56.8 Å². The molecule has 0 unspecified atom stereocenters. The first kappa shape index (κ1) is 23.7. The van der Waals surface area contributed by atoms with Gasteiger partial charge in [0.05, 0.1) is 30.4 Å². The number of hydrogen-bond acceptors (Lipinski definition) is 6. The monoisotopic (exact) mass is 421 g/mol. The summed E-state index contributed by atoms with van der Waals surface area (Å²) in [5.41, 5.74) is 0.738. The second-order valence-corrected chi connectivity index (χ2v) is 9.53. The molecule has 1 fully saturated rings. The van der Waals surface area contributed by atoms with Crippen molar-refractivity contribution < 1.29 is 19.0 Å². The molecule has 29 heavy (non-hydrogen) atoms. The Morgan fingerprint density at radius 1 is 1.41 bits per heavy atom. The van der Waals surface area contributed by atoms with E-state index < -0.39 is 0 Å². The first-order valence-corrected chi connectivity index (χ1v) is 11.3. The van der Waals surface area contributed by atoms with Crippen molar-refractivity contribution in [3.63, 3.8) is 0 Å². The Hall–Kier alpha value is -1.55. The first-order chi connectivity index (χ1) is 13.8. The number of rotatable bonds is 10. The largest absolute Gasteiger partial charge is 0.465 e. The van der Waals surface area contributed by atoms with Gasteiger partial charge in [0.25, 0.3) is 0 Å². The average molecular weight is 422 g/mol. The van der Waals surface area contributed by atoms with E-state index in [0.717, 1.165) is 55.9 Å². The summed E-state index contributed by atoms with van der Waals surface area (Å²) in [5, 5.41) is 3.57. The zero-order chi connectivity index (χ0) is 21.3. The van der Waals surface area contributed by atoms with E-state index in [1.54, 1.807) is 0 Å². The van der Waals surface area contributed by atoms with Crippen molar-refractivity contribution in [2.45, 2.75) is 71.9 Å². The average Bonchev–Trinajstić information content (AvgIpc) is 3.32. The third kappa shape index (κ3) is 8.38. The molecule has 1 aliphatic heterocycles. The Bertz CT molecular complexity index is 705. The van der Waals surface area contributed by atoms with Crippen molar-refractivity contribution in [2.24, 2.45) is 5.41 Å².